The van der Waals surface area contributed by atoms with E-state index in [-0.39, 0.29) is 12.3 Å². The minimum absolute atomic E-state index is 0.0281. The van der Waals surface area contributed by atoms with Gasteiger partial charge in [-0.3, -0.25) is 0 Å². The topological polar surface area (TPSA) is 20.2 Å². The maximum Gasteiger partial charge on any atom is 0.430 e. The van der Waals surface area contributed by atoms with Gasteiger partial charge in [0.2, 0.25) is 0 Å². The summed E-state index contributed by atoms with van der Waals surface area (Å²) in [6, 6.07) is 0. The Labute approximate surface area is 93.4 Å². The highest BCUT2D eigenvalue weighted by Gasteiger charge is 2.71. The molecule has 0 saturated carbocycles. The van der Waals surface area contributed by atoms with E-state index in [1.807, 2.05) is 0 Å². The van der Waals surface area contributed by atoms with E-state index in [2.05, 4.69) is 0 Å². The molecule has 0 aromatic rings. The van der Waals surface area contributed by atoms with Gasteiger partial charge in [0, 0.05) is 0 Å². The van der Waals surface area contributed by atoms with Crippen LogP contribution in [0.1, 0.15) is 13.3 Å². The summed E-state index contributed by atoms with van der Waals surface area (Å²) in [6.07, 6.45) is -8.93. The summed E-state index contributed by atoms with van der Waals surface area (Å²) in [7, 11) is 0. The molecular weight excluding hydrogens is 250 g/mol. The number of aliphatic hydroxyl groups is 1. The second-order valence-electron chi connectivity index (χ2n) is 3.94. The van der Waals surface area contributed by atoms with Crippen LogP contribution in [0.25, 0.3) is 0 Å². The lowest BCUT2D eigenvalue weighted by Crippen LogP contribution is -2.58. The van der Waals surface area contributed by atoms with Crippen LogP contribution in [0.4, 0.5) is 26.3 Å². The molecule has 0 spiro atoms. The van der Waals surface area contributed by atoms with Crippen molar-refractivity contribution in [2.24, 2.45) is 5.92 Å². The Bertz CT molecular complexity index is 335. The molecule has 0 fully saturated rings. The fourth-order valence-electron chi connectivity index (χ4n) is 1.48. The highest BCUT2D eigenvalue weighted by Crippen LogP contribution is 2.48. The molecule has 1 N–H and O–H groups in total. The number of halogens is 6. The lowest BCUT2D eigenvalue weighted by Gasteiger charge is -2.34. The number of allylic oxidation sites excluding steroid dienone is 2. The van der Waals surface area contributed by atoms with Crippen LogP contribution in [0.3, 0.4) is 0 Å². The van der Waals surface area contributed by atoms with E-state index in [9.17, 15) is 26.3 Å². The summed E-state index contributed by atoms with van der Waals surface area (Å²) in [4.78, 5) is 0. The fourth-order valence-corrected chi connectivity index (χ4v) is 1.48. The van der Waals surface area contributed by atoms with Crippen LogP contribution < -0.4 is 0 Å². The third-order valence-corrected chi connectivity index (χ3v) is 2.55. The Balaban J connectivity index is 3.24. The van der Waals surface area contributed by atoms with Gasteiger partial charge in [0.05, 0.1) is 0 Å². The normalized spacial score (nSPS) is 22.6. The quantitative estimate of drug-likeness (QED) is 0.717. The summed E-state index contributed by atoms with van der Waals surface area (Å²) in [5.41, 5.74) is -5.97. The Morgan fingerprint density at radius 1 is 1.12 bits per heavy atom. The highest BCUT2D eigenvalue weighted by atomic mass is 19.4. The maximum atomic E-state index is 12.4. The van der Waals surface area contributed by atoms with Gasteiger partial charge in [-0.05, 0) is 17.9 Å². The maximum absolute atomic E-state index is 12.4. The fraction of sp³-hybridized carbons (Fsp3) is 0.600. The predicted octanol–water partition coefficient (Wildman–Crippen LogP) is 3.36. The standard InChI is InChI=1S/C10H10F6O/c1-6-2-4-7(5-3-6)8(17,9(11,12)13)10(14,15)16/h2,4-6,17H,3H2,1H3. The van der Waals surface area contributed by atoms with E-state index < -0.39 is 23.5 Å². The monoisotopic (exact) mass is 260 g/mol. The minimum Gasteiger partial charge on any atom is -0.370 e. The molecule has 0 aromatic heterocycles. The number of hydrogen-bond donors (Lipinski definition) is 1. The molecule has 0 aromatic carbocycles. The molecule has 0 bridgehead atoms. The van der Waals surface area contributed by atoms with Crippen molar-refractivity contribution in [3.8, 4) is 0 Å². The van der Waals surface area contributed by atoms with Crippen molar-refractivity contribution in [3.05, 3.63) is 23.8 Å². The molecule has 17 heavy (non-hydrogen) atoms. The third-order valence-electron chi connectivity index (χ3n) is 2.55. The first-order valence-corrected chi connectivity index (χ1v) is 4.75. The minimum atomic E-state index is -5.80. The predicted molar refractivity (Wildman–Crippen MR) is 48.1 cm³/mol. The van der Waals surface area contributed by atoms with Crippen LogP contribution in [-0.2, 0) is 0 Å². The summed E-state index contributed by atoms with van der Waals surface area (Å²) in [6.45, 7) is 1.64. The molecule has 0 radical (unpaired) electrons. The van der Waals surface area contributed by atoms with Gasteiger partial charge in [-0.2, -0.15) is 26.3 Å². The second-order valence-corrected chi connectivity index (χ2v) is 3.94. The van der Waals surface area contributed by atoms with Crippen molar-refractivity contribution in [2.75, 3.05) is 0 Å². The van der Waals surface area contributed by atoms with Gasteiger partial charge < -0.3 is 5.11 Å². The van der Waals surface area contributed by atoms with Crippen molar-refractivity contribution in [2.45, 2.75) is 31.3 Å². The van der Waals surface area contributed by atoms with E-state index in [0.29, 0.717) is 6.08 Å². The zero-order valence-electron chi connectivity index (χ0n) is 8.73. The molecule has 1 aliphatic rings. The van der Waals surface area contributed by atoms with Gasteiger partial charge >= 0.3 is 12.4 Å². The lowest BCUT2D eigenvalue weighted by molar-refractivity contribution is -0.351. The van der Waals surface area contributed by atoms with E-state index in [4.69, 9.17) is 5.11 Å². The Morgan fingerprint density at radius 3 is 1.88 bits per heavy atom. The van der Waals surface area contributed by atoms with Gasteiger partial charge in [0.1, 0.15) is 0 Å². The number of hydrogen-bond acceptors (Lipinski definition) is 1. The average Bonchev–Trinajstić information content (AvgIpc) is 2.14. The van der Waals surface area contributed by atoms with E-state index >= 15 is 0 Å². The van der Waals surface area contributed by atoms with Crippen molar-refractivity contribution < 1.29 is 31.4 Å². The van der Waals surface area contributed by atoms with Gasteiger partial charge in [-0.1, -0.05) is 25.2 Å². The van der Waals surface area contributed by atoms with Gasteiger partial charge in [0.15, 0.2) is 0 Å². The average molecular weight is 260 g/mol. The molecule has 1 unspecified atom stereocenters. The Hall–Kier alpha value is -0.980. The summed E-state index contributed by atoms with van der Waals surface area (Å²) in [5, 5.41) is 9.03. The molecule has 0 aliphatic heterocycles. The van der Waals surface area contributed by atoms with E-state index in [0.717, 1.165) is 6.08 Å². The van der Waals surface area contributed by atoms with Crippen LogP contribution in [0.2, 0.25) is 0 Å². The van der Waals surface area contributed by atoms with Crippen LogP contribution in [0, 0.1) is 5.92 Å². The molecule has 7 heteroatoms. The van der Waals surface area contributed by atoms with E-state index in [1.54, 1.807) is 6.92 Å². The van der Waals surface area contributed by atoms with Crippen LogP contribution in [0.15, 0.2) is 23.8 Å². The van der Waals surface area contributed by atoms with Crippen molar-refractivity contribution in [1.82, 2.24) is 0 Å². The van der Waals surface area contributed by atoms with Crippen LogP contribution in [0.5, 0.6) is 0 Å². The van der Waals surface area contributed by atoms with Crippen LogP contribution >= 0.6 is 0 Å². The van der Waals surface area contributed by atoms with Gasteiger partial charge in [-0.15, -0.1) is 0 Å². The zero-order chi connectivity index (χ0) is 13.5. The number of alkyl halides is 6. The molecule has 1 rings (SSSR count). The number of rotatable bonds is 1. The molecule has 1 atom stereocenters. The molecule has 1 aliphatic carbocycles. The molecule has 0 amide bonds. The first-order valence-electron chi connectivity index (χ1n) is 4.75. The van der Waals surface area contributed by atoms with Crippen molar-refractivity contribution >= 4 is 0 Å². The second kappa shape index (κ2) is 4.04. The Morgan fingerprint density at radius 2 is 1.59 bits per heavy atom. The molecule has 0 saturated heterocycles. The highest BCUT2D eigenvalue weighted by molar-refractivity contribution is 5.35. The Kier molecular flexibility index (Phi) is 3.35. The van der Waals surface area contributed by atoms with Crippen molar-refractivity contribution in [3.63, 3.8) is 0 Å². The molecular formula is C10H10F6O. The summed E-state index contributed by atoms with van der Waals surface area (Å²) >= 11 is 0. The molecule has 1 nitrogen and oxygen atoms in total. The van der Waals surface area contributed by atoms with Gasteiger partial charge in [-0.25, -0.2) is 0 Å². The lowest BCUT2D eigenvalue weighted by atomic mass is 9.86. The first kappa shape index (κ1) is 14.1. The summed E-state index contributed by atoms with van der Waals surface area (Å²) < 4.78 is 74.6. The zero-order valence-corrected chi connectivity index (χ0v) is 8.73. The van der Waals surface area contributed by atoms with Crippen LogP contribution in [-0.4, -0.2) is 23.1 Å². The largest absolute Gasteiger partial charge is 0.430 e. The van der Waals surface area contributed by atoms with E-state index in [1.165, 1.54) is 6.08 Å². The molecule has 0 heterocycles. The van der Waals surface area contributed by atoms with Gasteiger partial charge in [0.25, 0.3) is 5.60 Å². The smallest absolute Gasteiger partial charge is 0.370 e. The SMILES string of the molecule is CC1C=CC(C(O)(C(F)(F)F)C(F)(F)F)=CC1. The third kappa shape index (κ3) is 2.34. The summed E-state index contributed by atoms with van der Waals surface area (Å²) in [5.74, 6) is -0.149. The first-order chi connectivity index (χ1) is 7.50. The molecule has 98 valence electrons. The van der Waals surface area contributed by atoms with Crippen molar-refractivity contribution in [1.29, 1.82) is 0 Å².